The Bertz CT molecular complexity index is 1030. The summed E-state index contributed by atoms with van der Waals surface area (Å²) in [6.07, 6.45) is -0.205. The molecule has 0 bridgehead atoms. The van der Waals surface area contributed by atoms with Crippen LogP contribution in [0.2, 0.25) is 0 Å². The lowest BCUT2D eigenvalue weighted by atomic mass is 10.0. The van der Waals surface area contributed by atoms with E-state index in [1.807, 2.05) is 74.5 Å². The Morgan fingerprint density at radius 2 is 1.86 bits per heavy atom. The van der Waals surface area contributed by atoms with Gasteiger partial charge in [-0.05, 0) is 55.8 Å². The third kappa shape index (κ3) is 4.24. The SMILES string of the molecule is Cc1cc(C)nc(-c2cccc(C(=O)N(C)C[C@H]3COc4ccccc4O3)c2)c1. The summed E-state index contributed by atoms with van der Waals surface area (Å²) in [6.45, 7) is 4.88. The molecule has 1 aromatic heterocycles. The molecule has 1 aliphatic heterocycles. The van der Waals surface area contributed by atoms with E-state index in [4.69, 9.17) is 9.47 Å². The Hall–Kier alpha value is -3.34. The van der Waals surface area contributed by atoms with Crippen LogP contribution in [-0.4, -0.2) is 42.1 Å². The summed E-state index contributed by atoms with van der Waals surface area (Å²) in [5.41, 5.74) is 4.55. The number of aromatic nitrogens is 1. The predicted octanol–water partition coefficient (Wildman–Crippen LogP) is 4.28. The fraction of sp³-hybridized carbons (Fsp3) is 0.250. The van der Waals surface area contributed by atoms with Crippen molar-refractivity contribution in [3.63, 3.8) is 0 Å². The van der Waals surface area contributed by atoms with Crippen molar-refractivity contribution >= 4 is 5.91 Å². The number of para-hydroxylation sites is 2. The number of carbonyl (C=O) groups excluding carboxylic acids is 1. The summed E-state index contributed by atoms with van der Waals surface area (Å²) in [7, 11) is 1.79. The zero-order valence-electron chi connectivity index (χ0n) is 16.9. The minimum atomic E-state index is -0.205. The second-order valence-electron chi connectivity index (χ2n) is 7.44. The third-order valence-electron chi connectivity index (χ3n) is 4.89. The van der Waals surface area contributed by atoms with Gasteiger partial charge in [0.05, 0.1) is 12.2 Å². The van der Waals surface area contributed by atoms with E-state index in [1.54, 1.807) is 11.9 Å². The van der Waals surface area contributed by atoms with Crippen molar-refractivity contribution in [2.45, 2.75) is 20.0 Å². The summed E-state index contributed by atoms with van der Waals surface area (Å²) < 4.78 is 11.7. The minimum absolute atomic E-state index is 0.0568. The monoisotopic (exact) mass is 388 g/mol. The van der Waals surface area contributed by atoms with Gasteiger partial charge in [0.25, 0.3) is 5.91 Å². The molecule has 5 heteroatoms. The summed E-state index contributed by atoms with van der Waals surface area (Å²) in [5, 5.41) is 0. The van der Waals surface area contributed by atoms with Gasteiger partial charge in [0.1, 0.15) is 6.61 Å². The number of rotatable bonds is 4. The molecule has 1 amide bonds. The number of benzene rings is 2. The molecule has 0 radical (unpaired) electrons. The Balaban J connectivity index is 1.48. The maximum absolute atomic E-state index is 13.0. The van der Waals surface area contributed by atoms with Crippen LogP contribution in [0.15, 0.2) is 60.7 Å². The highest BCUT2D eigenvalue weighted by Gasteiger charge is 2.24. The number of likely N-dealkylation sites (N-methyl/N-ethyl adjacent to an activating group) is 1. The predicted molar refractivity (Wildman–Crippen MR) is 112 cm³/mol. The molecule has 0 saturated carbocycles. The van der Waals surface area contributed by atoms with Crippen LogP contribution in [0.4, 0.5) is 0 Å². The van der Waals surface area contributed by atoms with E-state index in [9.17, 15) is 4.79 Å². The fourth-order valence-corrected chi connectivity index (χ4v) is 3.56. The quantitative estimate of drug-likeness (QED) is 0.670. The number of aryl methyl sites for hydroxylation is 2. The van der Waals surface area contributed by atoms with E-state index < -0.39 is 0 Å². The summed E-state index contributed by atoms with van der Waals surface area (Å²) >= 11 is 0. The Labute approximate surface area is 170 Å². The van der Waals surface area contributed by atoms with Gasteiger partial charge >= 0.3 is 0 Å². The highest BCUT2D eigenvalue weighted by Crippen LogP contribution is 2.31. The molecule has 2 aromatic carbocycles. The number of nitrogens with zero attached hydrogens (tertiary/aromatic N) is 2. The normalized spacial score (nSPS) is 15.1. The minimum Gasteiger partial charge on any atom is -0.486 e. The number of fused-ring (bicyclic) bond motifs is 1. The van der Waals surface area contributed by atoms with Gasteiger partial charge in [-0.2, -0.15) is 0 Å². The van der Waals surface area contributed by atoms with Crippen molar-refractivity contribution in [1.82, 2.24) is 9.88 Å². The van der Waals surface area contributed by atoms with E-state index in [2.05, 4.69) is 4.98 Å². The lowest BCUT2D eigenvalue weighted by molar-refractivity contribution is 0.0521. The molecule has 0 N–H and O–H groups in total. The van der Waals surface area contributed by atoms with E-state index in [0.717, 1.165) is 28.3 Å². The molecular weight excluding hydrogens is 364 g/mol. The second-order valence-corrected chi connectivity index (χ2v) is 7.44. The highest BCUT2D eigenvalue weighted by atomic mass is 16.6. The lowest BCUT2D eigenvalue weighted by Gasteiger charge is -2.29. The first-order valence-corrected chi connectivity index (χ1v) is 9.69. The molecule has 0 fully saturated rings. The van der Waals surface area contributed by atoms with Gasteiger partial charge in [0.15, 0.2) is 17.6 Å². The van der Waals surface area contributed by atoms with Crippen molar-refractivity contribution in [2.75, 3.05) is 20.2 Å². The summed E-state index contributed by atoms with van der Waals surface area (Å²) in [5.74, 6) is 1.40. The number of ether oxygens (including phenoxy) is 2. The van der Waals surface area contributed by atoms with Gasteiger partial charge in [0, 0.05) is 23.9 Å². The number of amides is 1. The third-order valence-corrected chi connectivity index (χ3v) is 4.89. The van der Waals surface area contributed by atoms with Gasteiger partial charge in [-0.3, -0.25) is 9.78 Å². The molecule has 0 unspecified atom stereocenters. The topological polar surface area (TPSA) is 51.7 Å². The van der Waals surface area contributed by atoms with Crippen molar-refractivity contribution in [2.24, 2.45) is 0 Å². The first-order chi connectivity index (χ1) is 14.0. The molecule has 148 valence electrons. The summed E-state index contributed by atoms with van der Waals surface area (Å²) in [6, 6.07) is 19.3. The van der Waals surface area contributed by atoms with Crippen LogP contribution in [0.3, 0.4) is 0 Å². The molecule has 4 rings (SSSR count). The van der Waals surface area contributed by atoms with Crippen LogP contribution in [0, 0.1) is 13.8 Å². The summed E-state index contributed by atoms with van der Waals surface area (Å²) in [4.78, 5) is 19.3. The van der Waals surface area contributed by atoms with Crippen molar-refractivity contribution in [3.05, 3.63) is 77.5 Å². The molecule has 2 heterocycles. The zero-order chi connectivity index (χ0) is 20.4. The van der Waals surface area contributed by atoms with Gasteiger partial charge in [-0.25, -0.2) is 0 Å². The average molecular weight is 388 g/mol. The largest absolute Gasteiger partial charge is 0.486 e. The second kappa shape index (κ2) is 7.95. The van der Waals surface area contributed by atoms with E-state index in [1.165, 1.54) is 0 Å². The first kappa shape index (κ1) is 19.0. The van der Waals surface area contributed by atoms with Crippen LogP contribution in [-0.2, 0) is 0 Å². The van der Waals surface area contributed by atoms with Crippen molar-refractivity contribution in [3.8, 4) is 22.8 Å². The van der Waals surface area contributed by atoms with E-state index >= 15 is 0 Å². The first-order valence-electron chi connectivity index (χ1n) is 9.69. The lowest BCUT2D eigenvalue weighted by Crippen LogP contribution is -2.41. The molecule has 0 aliphatic carbocycles. The van der Waals surface area contributed by atoms with Crippen LogP contribution in [0.1, 0.15) is 21.6 Å². The molecule has 0 saturated heterocycles. The Kier molecular flexibility index (Phi) is 5.21. The number of hydrogen-bond acceptors (Lipinski definition) is 4. The highest BCUT2D eigenvalue weighted by molar-refractivity contribution is 5.95. The van der Waals surface area contributed by atoms with Gasteiger partial charge in [-0.15, -0.1) is 0 Å². The maximum atomic E-state index is 13.0. The Morgan fingerprint density at radius 3 is 2.66 bits per heavy atom. The van der Waals surface area contributed by atoms with Gasteiger partial charge < -0.3 is 14.4 Å². The van der Waals surface area contributed by atoms with Gasteiger partial charge in [-0.1, -0.05) is 24.3 Å². The number of carbonyl (C=O) groups is 1. The number of hydrogen-bond donors (Lipinski definition) is 0. The standard InChI is InChI=1S/C24H24N2O3/c1-16-11-17(2)25-21(12-16)18-7-6-8-19(13-18)24(27)26(3)14-20-15-28-22-9-4-5-10-23(22)29-20/h4-13,20H,14-15H2,1-3H3/t20-/m0/s1. The number of pyridine rings is 1. The van der Waals surface area contributed by atoms with Gasteiger partial charge in [0.2, 0.25) is 0 Å². The maximum Gasteiger partial charge on any atom is 0.253 e. The molecule has 1 atom stereocenters. The smallest absolute Gasteiger partial charge is 0.253 e. The van der Waals surface area contributed by atoms with Crippen LogP contribution in [0.25, 0.3) is 11.3 Å². The molecular formula is C24H24N2O3. The van der Waals surface area contributed by atoms with Crippen LogP contribution in [0.5, 0.6) is 11.5 Å². The van der Waals surface area contributed by atoms with E-state index in [-0.39, 0.29) is 12.0 Å². The van der Waals surface area contributed by atoms with Crippen molar-refractivity contribution < 1.29 is 14.3 Å². The molecule has 0 spiro atoms. The van der Waals surface area contributed by atoms with E-state index in [0.29, 0.717) is 24.5 Å². The average Bonchev–Trinajstić information content (AvgIpc) is 2.72. The Morgan fingerprint density at radius 1 is 1.07 bits per heavy atom. The molecule has 5 nitrogen and oxygen atoms in total. The molecule has 1 aliphatic rings. The van der Waals surface area contributed by atoms with Crippen LogP contribution >= 0.6 is 0 Å². The fourth-order valence-electron chi connectivity index (χ4n) is 3.56. The van der Waals surface area contributed by atoms with Crippen molar-refractivity contribution in [1.29, 1.82) is 0 Å². The zero-order valence-corrected chi connectivity index (χ0v) is 16.9. The van der Waals surface area contributed by atoms with Crippen LogP contribution < -0.4 is 9.47 Å². The molecule has 29 heavy (non-hydrogen) atoms. The molecule has 3 aromatic rings.